The van der Waals surface area contributed by atoms with Gasteiger partial charge in [0, 0.05) is 27.1 Å². The Morgan fingerprint density at radius 3 is 1.09 bits per heavy atom. The molecule has 11 heteroatoms. The van der Waals surface area contributed by atoms with E-state index in [0.29, 0.717) is 106 Å². The number of aromatic nitrogens is 2. The predicted octanol–water partition coefficient (Wildman–Crippen LogP) is 18.5. The molecule has 0 amide bonds. The highest BCUT2D eigenvalue weighted by Crippen LogP contribution is 2.46. The van der Waals surface area contributed by atoms with E-state index in [0.717, 1.165) is 33.7 Å². The minimum Gasteiger partial charge on any atom is -0.308 e. The van der Waals surface area contributed by atoms with Crippen LogP contribution in [-0.4, -0.2) is 9.13 Å². The number of fused-ring (bicyclic) bond motifs is 6. The van der Waals surface area contributed by atoms with Crippen LogP contribution < -0.4 is 0 Å². The number of rotatable bonds is 7. The molecule has 10 aromatic carbocycles. The normalized spacial score (nSPS) is 11.2. The Bertz CT molecular complexity index is 4330. The van der Waals surface area contributed by atoms with Gasteiger partial charge in [-0.1, -0.05) is 146 Å². The molecule has 362 valence electrons. The monoisotopic (exact) mass is 1010 g/mol. The van der Waals surface area contributed by atoms with Crippen LogP contribution in [0, 0.1) is 53.7 Å². The molecule has 12 rings (SSSR count). The quantitative estimate of drug-likeness (QED) is 0.149. The van der Waals surface area contributed by atoms with Gasteiger partial charge < -0.3 is 9.13 Å². The molecule has 0 unspecified atom stereocenters. The third-order valence-corrected chi connectivity index (χ3v) is 14.4. The lowest BCUT2D eigenvalue weighted by atomic mass is 9.97. The molecule has 0 fully saturated rings. The molecule has 0 bridgehead atoms. The Kier molecular flexibility index (Phi) is 11.4. The van der Waals surface area contributed by atoms with Gasteiger partial charge in [-0.15, -0.1) is 0 Å². The SMILES string of the molecule is [C-]#[N+]c1ccccc1-c1ccc2c3ccc(-c4ccccc4C#N)cc3n(-c3cc(-c4ccc(C(F)(F)F)cc4[N+]#[C-])cc(-n4c5cc(-c6ccccc6C#N)ccc5c5ccc(-c6ccccc6[N+]#[C-])cc54)c3C#N)c2c1. The van der Waals surface area contributed by atoms with Crippen molar-refractivity contribution in [3.05, 3.63) is 257 Å². The standard InChI is InChI=1S/C67H33F3N8/c1-74-58-18-10-8-16-50(58)42-22-27-55-53-25-20-40(48-14-6-4-12-44(48)37-71)30-61(53)77(63(55)32-42)65-34-46(52-29-24-47(67(68,69)70)36-60(52)76-3)35-66(57(65)39-73)78-62-31-41(49-15-7-5-13-45(49)38-72)21-26-54(62)56-28-23-43(33-64(56)78)51-17-9-11-19-59(51)75-2/h4-36H. The van der Waals surface area contributed by atoms with E-state index in [-0.39, 0.29) is 16.8 Å². The smallest absolute Gasteiger partial charge is 0.308 e. The highest BCUT2D eigenvalue weighted by Gasteiger charge is 2.32. The van der Waals surface area contributed by atoms with Crippen LogP contribution in [0.2, 0.25) is 0 Å². The Labute approximate surface area is 444 Å². The van der Waals surface area contributed by atoms with E-state index < -0.39 is 11.7 Å². The summed E-state index contributed by atoms with van der Waals surface area (Å²) in [6.07, 6.45) is -4.75. The van der Waals surface area contributed by atoms with Crippen LogP contribution in [0.5, 0.6) is 0 Å². The molecule has 0 atom stereocenters. The Morgan fingerprint density at radius 2 is 0.718 bits per heavy atom. The molecule has 2 aromatic heterocycles. The third kappa shape index (κ3) is 7.73. The number of halogens is 3. The molecule has 78 heavy (non-hydrogen) atoms. The molecule has 0 spiro atoms. The minimum absolute atomic E-state index is 0.150. The first-order valence-electron chi connectivity index (χ1n) is 24.3. The molecule has 0 radical (unpaired) electrons. The van der Waals surface area contributed by atoms with Crippen molar-refractivity contribution in [3.8, 4) is 85.2 Å². The summed E-state index contributed by atoms with van der Waals surface area (Å²) in [6.45, 7) is 24.4. The fraction of sp³-hybridized carbons (Fsp3) is 0.0149. The maximum atomic E-state index is 14.4. The zero-order chi connectivity index (χ0) is 53.8. The van der Waals surface area contributed by atoms with Gasteiger partial charge in [0.25, 0.3) is 0 Å². The van der Waals surface area contributed by atoms with Crippen molar-refractivity contribution >= 4 is 60.7 Å². The van der Waals surface area contributed by atoms with Crippen molar-refractivity contribution in [1.29, 1.82) is 15.8 Å². The van der Waals surface area contributed by atoms with Gasteiger partial charge >= 0.3 is 6.18 Å². The third-order valence-electron chi connectivity index (χ3n) is 14.4. The zero-order valence-electron chi connectivity index (χ0n) is 40.8. The van der Waals surface area contributed by atoms with Gasteiger partial charge in [-0.2, -0.15) is 29.0 Å². The van der Waals surface area contributed by atoms with Crippen molar-refractivity contribution in [2.24, 2.45) is 0 Å². The van der Waals surface area contributed by atoms with E-state index in [1.54, 1.807) is 60.7 Å². The molecule has 0 aliphatic heterocycles. The summed E-state index contributed by atoms with van der Waals surface area (Å²) in [4.78, 5) is 11.3. The number of benzene rings is 10. The number of alkyl halides is 3. The van der Waals surface area contributed by atoms with Crippen molar-refractivity contribution in [1.82, 2.24) is 9.13 Å². The first-order chi connectivity index (χ1) is 38.0. The Balaban J connectivity index is 1.27. The van der Waals surface area contributed by atoms with Gasteiger partial charge in [0.1, 0.15) is 11.6 Å². The molecule has 0 aliphatic carbocycles. The number of para-hydroxylation sites is 2. The lowest BCUT2D eigenvalue weighted by molar-refractivity contribution is -0.137. The second-order valence-electron chi connectivity index (χ2n) is 18.5. The predicted molar refractivity (Wildman–Crippen MR) is 300 cm³/mol. The van der Waals surface area contributed by atoms with Gasteiger partial charge in [0.2, 0.25) is 0 Å². The highest BCUT2D eigenvalue weighted by atomic mass is 19.4. The number of hydrogen-bond donors (Lipinski definition) is 0. The van der Waals surface area contributed by atoms with Gasteiger partial charge in [-0.05, 0) is 110 Å². The van der Waals surface area contributed by atoms with Crippen molar-refractivity contribution in [2.45, 2.75) is 6.18 Å². The highest BCUT2D eigenvalue weighted by molar-refractivity contribution is 6.14. The van der Waals surface area contributed by atoms with Gasteiger partial charge in [-0.3, -0.25) is 0 Å². The van der Waals surface area contributed by atoms with E-state index in [1.807, 2.05) is 130 Å². The number of nitriles is 3. The fourth-order valence-electron chi connectivity index (χ4n) is 10.8. The first-order valence-corrected chi connectivity index (χ1v) is 24.3. The van der Waals surface area contributed by atoms with E-state index in [2.05, 4.69) is 32.7 Å². The van der Waals surface area contributed by atoms with Crippen LogP contribution in [0.25, 0.3) is 125 Å². The first kappa shape index (κ1) is 47.5. The van der Waals surface area contributed by atoms with Crippen LogP contribution in [-0.2, 0) is 6.18 Å². The van der Waals surface area contributed by atoms with Gasteiger partial charge in [0.15, 0.2) is 17.1 Å². The van der Waals surface area contributed by atoms with Crippen LogP contribution in [0.15, 0.2) is 200 Å². The van der Waals surface area contributed by atoms with Crippen LogP contribution in [0.3, 0.4) is 0 Å². The molecule has 0 saturated heterocycles. The molecule has 8 nitrogen and oxygen atoms in total. The Hall–Kier alpha value is -11.5. The van der Waals surface area contributed by atoms with Crippen molar-refractivity contribution in [3.63, 3.8) is 0 Å². The molecular formula is C67H33F3N8. The lowest BCUT2D eigenvalue weighted by Crippen LogP contribution is -2.06. The average Bonchev–Trinajstić information content (AvgIpc) is 4.21. The molecule has 0 N–H and O–H groups in total. The molecule has 12 aromatic rings. The van der Waals surface area contributed by atoms with Crippen molar-refractivity contribution in [2.75, 3.05) is 0 Å². The maximum Gasteiger partial charge on any atom is 0.415 e. The molecule has 0 saturated carbocycles. The topological polar surface area (TPSA) is 94.3 Å². The largest absolute Gasteiger partial charge is 0.415 e. The number of nitrogens with zero attached hydrogens (tertiary/aromatic N) is 8. The summed E-state index contributed by atoms with van der Waals surface area (Å²) in [5, 5.41) is 35.7. The molecule has 0 aliphatic rings. The summed E-state index contributed by atoms with van der Waals surface area (Å²) in [5.74, 6) is 0. The second-order valence-corrected chi connectivity index (χ2v) is 18.5. The van der Waals surface area contributed by atoms with Gasteiger partial charge in [-0.25, -0.2) is 14.5 Å². The molecular weight excluding hydrogens is 974 g/mol. The molecule has 2 heterocycles. The van der Waals surface area contributed by atoms with Gasteiger partial charge in [0.05, 0.1) is 76.4 Å². The van der Waals surface area contributed by atoms with E-state index >= 15 is 0 Å². The van der Waals surface area contributed by atoms with Crippen LogP contribution >= 0.6 is 0 Å². The zero-order valence-corrected chi connectivity index (χ0v) is 40.8. The van der Waals surface area contributed by atoms with E-state index in [1.165, 1.54) is 6.07 Å². The van der Waals surface area contributed by atoms with Crippen molar-refractivity contribution < 1.29 is 13.2 Å². The Morgan fingerprint density at radius 1 is 0.359 bits per heavy atom. The summed E-state index contributed by atoms with van der Waals surface area (Å²) in [6, 6.07) is 66.1. The lowest BCUT2D eigenvalue weighted by Gasteiger charge is -2.20. The van der Waals surface area contributed by atoms with E-state index in [9.17, 15) is 29.0 Å². The minimum atomic E-state index is -4.75. The summed E-state index contributed by atoms with van der Waals surface area (Å²) in [7, 11) is 0. The summed E-state index contributed by atoms with van der Waals surface area (Å²) in [5.41, 5.74) is 9.76. The average molecular weight is 1010 g/mol. The second kappa shape index (κ2) is 18.8. The maximum absolute atomic E-state index is 14.4. The summed E-state index contributed by atoms with van der Waals surface area (Å²) >= 11 is 0. The fourth-order valence-corrected chi connectivity index (χ4v) is 10.8. The summed E-state index contributed by atoms with van der Waals surface area (Å²) < 4.78 is 47.2. The van der Waals surface area contributed by atoms with E-state index in [4.69, 9.17) is 19.7 Å². The van der Waals surface area contributed by atoms with Crippen LogP contribution in [0.1, 0.15) is 22.3 Å². The number of hydrogen-bond acceptors (Lipinski definition) is 3. The van der Waals surface area contributed by atoms with Crippen LogP contribution in [0.4, 0.5) is 30.2 Å².